The van der Waals surface area contributed by atoms with Crippen molar-refractivity contribution in [2.75, 3.05) is 0 Å². The largest absolute Gasteiger partial charge is 0.388 e. The van der Waals surface area contributed by atoms with Gasteiger partial charge in [-0.3, -0.25) is 0 Å². The van der Waals surface area contributed by atoms with Gasteiger partial charge in [0.15, 0.2) is 0 Å². The zero-order valence-electron chi connectivity index (χ0n) is 11.0. The van der Waals surface area contributed by atoms with Crippen molar-refractivity contribution in [1.29, 1.82) is 0 Å². The molecule has 0 aliphatic heterocycles. The minimum atomic E-state index is -0.230. The Kier molecular flexibility index (Phi) is 3.25. The van der Waals surface area contributed by atoms with E-state index in [4.69, 9.17) is 0 Å². The lowest BCUT2D eigenvalue weighted by molar-refractivity contribution is 0.183. The van der Waals surface area contributed by atoms with Gasteiger partial charge in [-0.1, -0.05) is 31.1 Å². The number of hydrogen-bond donors (Lipinski definition) is 1. The van der Waals surface area contributed by atoms with Gasteiger partial charge < -0.3 is 5.11 Å². The Hall–Kier alpha value is -0.560. The summed E-state index contributed by atoms with van der Waals surface area (Å²) in [6.45, 7) is 8.98. The minimum absolute atomic E-state index is 0.230. The lowest BCUT2D eigenvalue weighted by atomic mass is 9.66. The highest BCUT2D eigenvalue weighted by Crippen LogP contribution is 2.44. The van der Waals surface area contributed by atoms with Crippen molar-refractivity contribution in [3.05, 3.63) is 22.8 Å². The lowest BCUT2D eigenvalue weighted by Crippen LogP contribution is -2.31. The zero-order valence-corrected chi connectivity index (χ0v) is 11.0. The number of fused-ring (bicyclic) bond motifs is 1. The molecule has 0 bridgehead atoms. The average molecular weight is 220 g/mol. The molecule has 0 spiro atoms. The molecule has 2 aliphatic carbocycles. The van der Waals surface area contributed by atoms with E-state index in [1.54, 1.807) is 0 Å². The van der Waals surface area contributed by atoms with Gasteiger partial charge in [0.2, 0.25) is 0 Å². The van der Waals surface area contributed by atoms with Crippen LogP contribution in [0.1, 0.15) is 47.0 Å². The Morgan fingerprint density at radius 2 is 2.00 bits per heavy atom. The number of aliphatic hydroxyl groups is 1. The van der Waals surface area contributed by atoms with Crippen molar-refractivity contribution in [2.24, 2.45) is 17.8 Å². The summed E-state index contributed by atoms with van der Waals surface area (Å²) in [7, 11) is 0. The molecule has 2 aliphatic rings. The summed E-state index contributed by atoms with van der Waals surface area (Å²) in [5.41, 5.74) is 4.24. The molecule has 0 aromatic carbocycles. The van der Waals surface area contributed by atoms with E-state index in [9.17, 15) is 5.11 Å². The predicted molar refractivity (Wildman–Crippen MR) is 68.1 cm³/mol. The Morgan fingerprint density at radius 3 is 2.62 bits per heavy atom. The SMILES string of the molecule is CC1=CC2C(=C(C)CCC2C(C)C)CC1O. The highest BCUT2D eigenvalue weighted by atomic mass is 16.3. The maximum atomic E-state index is 9.96. The van der Waals surface area contributed by atoms with Crippen molar-refractivity contribution < 1.29 is 5.11 Å². The maximum absolute atomic E-state index is 9.96. The van der Waals surface area contributed by atoms with Crippen LogP contribution < -0.4 is 0 Å². The molecule has 3 atom stereocenters. The summed E-state index contributed by atoms with van der Waals surface area (Å²) in [6, 6.07) is 0. The van der Waals surface area contributed by atoms with E-state index >= 15 is 0 Å². The van der Waals surface area contributed by atoms with Crippen LogP contribution in [0.4, 0.5) is 0 Å². The number of aliphatic hydroxyl groups excluding tert-OH is 1. The highest BCUT2D eigenvalue weighted by molar-refractivity contribution is 5.32. The maximum Gasteiger partial charge on any atom is 0.0785 e. The van der Waals surface area contributed by atoms with Crippen molar-refractivity contribution in [2.45, 2.75) is 53.1 Å². The second kappa shape index (κ2) is 4.37. The van der Waals surface area contributed by atoms with Crippen molar-refractivity contribution in [3.8, 4) is 0 Å². The molecule has 0 fully saturated rings. The summed E-state index contributed by atoms with van der Waals surface area (Å²) in [4.78, 5) is 0. The van der Waals surface area contributed by atoms with Gasteiger partial charge in [0.25, 0.3) is 0 Å². The smallest absolute Gasteiger partial charge is 0.0785 e. The third-order valence-corrected chi connectivity index (χ3v) is 4.50. The van der Waals surface area contributed by atoms with E-state index in [-0.39, 0.29) is 6.10 Å². The lowest BCUT2D eigenvalue weighted by Gasteiger charge is -2.40. The topological polar surface area (TPSA) is 20.2 Å². The summed E-state index contributed by atoms with van der Waals surface area (Å²) in [5, 5.41) is 9.96. The number of rotatable bonds is 1. The average Bonchev–Trinajstić information content (AvgIpc) is 2.21. The molecule has 0 heterocycles. The van der Waals surface area contributed by atoms with Crippen molar-refractivity contribution in [3.63, 3.8) is 0 Å². The molecule has 0 saturated heterocycles. The Balaban J connectivity index is 2.36. The fraction of sp³-hybridized carbons (Fsp3) is 0.733. The second-order valence-electron chi connectivity index (χ2n) is 5.91. The first-order valence-electron chi connectivity index (χ1n) is 6.55. The van der Waals surface area contributed by atoms with Crippen LogP contribution in [-0.4, -0.2) is 11.2 Å². The highest BCUT2D eigenvalue weighted by Gasteiger charge is 2.34. The third-order valence-electron chi connectivity index (χ3n) is 4.50. The molecule has 0 aromatic rings. The summed E-state index contributed by atoms with van der Waals surface area (Å²) in [5.74, 6) is 2.13. The van der Waals surface area contributed by atoms with Gasteiger partial charge >= 0.3 is 0 Å². The van der Waals surface area contributed by atoms with Crippen LogP contribution in [0.3, 0.4) is 0 Å². The summed E-state index contributed by atoms with van der Waals surface area (Å²) >= 11 is 0. The molecule has 1 nitrogen and oxygen atoms in total. The molecule has 3 unspecified atom stereocenters. The normalized spacial score (nSPS) is 35.1. The standard InChI is InChI=1S/C15H24O/c1-9(2)12-6-5-10(3)13-8-15(16)11(4)7-14(12)13/h7,9,12,14-16H,5-6,8H2,1-4H3. The first-order chi connectivity index (χ1) is 7.50. The zero-order chi connectivity index (χ0) is 11.9. The first-order valence-corrected chi connectivity index (χ1v) is 6.55. The third kappa shape index (κ3) is 1.98. The molecule has 90 valence electrons. The van der Waals surface area contributed by atoms with Crippen molar-refractivity contribution >= 4 is 0 Å². The number of hydrogen-bond acceptors (Lipinski definition) is 1. The van der Waals surface area contributed by atoms with E-state index in [1.165, 1.54) is 29.6 Å². The van der Waals surface area contributed by atoms with E-state index in [0.717, 1.165) is 18.3 Å². The molecule has 2 rings (SSSR count). The molecule has 0 radical (unpaired) electrons. The van der Waals surface area contributed by atoms with Crippen LogP contribution in [0.5, 0.6) is 0 Å². The molecule has 0 aromatic heterocycles. The molecule has 1 N–H and O–H groups in total. The van der Waals surface area contributed by atoms with Gasteiger partial charge in [-0.05, 0) is 50.5 Å². The van der Waals surface area contributed by atoms with Crippen LogP contribution in [0.2, 0.25) is 0 Å². The van der Waals surface area contributed by atoms with Crippen LogP contribution in [0.25, 0.3) is 0 Å². The van der Waals surface area contributed by atoms with Crippen LogP contribution in [-0.2, 0) is 0 Å². The number of allylic oxidation sites excluding steroid dienone is 2. The Bertz CT molecular complexity index is 335. The quantitative estimate of drug-likeness (QED) is 0.668. The monoisotopic (exact) mass is 220 g/mol. The molecule has 0 amide bonds. The van der Waals surface area contributed by atoms with Crippen LogP contribution in [0.15, 0.2) is 22.8 Å². The van der Waals surface area contributed by atoms with Gasteiger partial charge in [0, 0.05) is 5.92 Å². The Labute approximate surface area is 99.3 Å². The van der Waals surface area contributed by atoms with Crippen LogP contribution >= 0.6 is 0 Å². The first kappa shape index (κ1) is 11.9. The molecular weight excluding hydrogens is 196 g/mol. The molecule has 1 heteroatoms. The van der Waals surface area contributed by atoms with E-state index in [0.29, 0.717) is 5.92 Å². The van der Waals surface area contributed by atoms with E-state index < -0.39 is 0 Å². The summed E-state index contributed by atoms with van der Waals surface area (Å²) < 4.78 is 0. The van der Waals surface area contributed by atoms with E-state index in [1.807, 2.05) is 0 Å². The predicted octanol–water partition coefficient (Wildman–Crippen LogP) is 3.70. The fourth-order valence-corrected chi connectivity index (χ4v) is 3.31. The Morgan fingerprint density at radius 1 is 1.31 bits per heavy atom. The van der Waals surface area contributed by atoms with Gasteiger partial charge in [-0.15, -0.1) is 0 Å². The molecule has 0 saturated carbocycles. The molecule has 16 heavy (non-hydrogen) atoms. The molecular formula is C15H24O. The minimum Gasteiger partial charge on any atom is -0.388 e. The van der Waals surface area contributed by atoms with Crippen molar-refractivity contribution in [1.82, 2.24) is 0 Å². The van der Waals surface area contributed by atoms with Crippen LogP contribution in [0, 0.1) is 17.8 Å². The second-order valence-corrected chi connectivity index (χ2v) is 5.91. The van der Waals surface area contributed by atoms with Gasteiger partial charge in [-0.2, -0.15) is 0 Å². The summed E-state index contributed by atoms with van der Waals surface area (Å²) in [6.07, 6.45) is 5.53. The fourth-order valence-electron chi connectivity index (χ4n) is 3.31. The van der Waals surface area contributed by atoms with Gasteiger partial charge in [0.1, 0.15) is 0 Å². The van der Waals surface area contributed by atoms with E-state index in [2.05, 4.69) is 33.8 Å². The van der Waals surface area contributed by atoms with Gasteiger partial charge in [0.05, 0.1) is 6.10 Å². The van der Waals surface area contributed by atoms with Gasteiger partial charge in [-0.25, -0.2) is 0 Å².